The lowest BCUT2D eigenvalue weighted by molar-refractivity contribution is -0.124. The first kappa shape index (κ1) is 12.5. The van der Waals surface area contributed by atoms with Crippen LogP contribution in [-0.2, 0) is 11.3 Å². The highest BCUT2D eigenvalue weighted by molar-refractivity contribution is 8.14. The Balaban J connectivity index is 1.94. The third-order valence-electron chi connectivity index (χ3n) is 2.30. The second kappa shape index (κ2) is 5.14. The number of nitrogens with zero attached hydrogens (tertiary/aromatic N) is 4. The molecule has 0 spiro atoms. The molecular formula is C8H10N6O3S. The van der Waals surface area contributed by atoms with Gasteiger partial charge in [0.25, 0.3) is 11.1 Å². The SMILES string of the molecule is NNC(=O)c1cn(CCN2C(=O)CSC2=O)nn1. The monoisotopic (exact) mass is 270 g/mol. The van der Waals surface area contributed by atoms with Crippen LogP contribution >= 0.6 is 11.8 Å². The predicted molar refractivity (Wildman–Crippen MR) is 61.2 cm³/mol. The molecule has 2 rings (SSSR count). The Morgan fingerprint density at radius 1 is 1.50 bits per heavy atom. The minimum atomic E-state index is -0.551. The van der Waals surface area contributed by atoms with E-state index in [2.05, 4.69) is 10.3 Å². The van der Waals surface area contributed by atoms with Crippen LogP contribution in [0.25, 0.3) is 0 Å². The number of hydrogen-bond donors (Lipinski definition) is 2. The van der Waals surface area contributed by atoms with Gasteiger partial charge >= 0.3 is 0 Å². The summed E-state index contributed by atoms with van der Waals surface area (Å²) in [6.45, 7) is 0.487. The highest BCUT2D eigenvalue weighted by Gasteiger charge is 2.29. The normalized spacial score (nSPS) is 15.3. The molecule has 1 aromatic rings. The summed E-state index contributed by atoms with van der Waals surface area (Å²) in [7, 11) is 0. The van der Waals surface area contributed by atoms with Gasteiger partial charge in [-0.1, -0.05) is 17.0 Å². The Hall–Kier alpha value is -1.94. The largest absolute Gasteiger partial charge is 0.289 e. The fraction of sp³-hybridized carbons (Fsp3) is 0.375. The second-order valence-corrected chi connectivity index (χ2v) is 4.37. The first-order chi connectivity index (χ1) is 8.61. The van der Waals surface area contributed by atoms with Crippen molar-refractivity contribution in [2.75, 3.05) is 12.3 Å². The van der Waals surface area contributed by atoms with E-state index < -0.39 is 5.91 Å². The Morgan fingerprint density at radius 3 is 2.89 bits per heavy atom. The molecule has 10 heteroatoms. The number of nitrogens with one attached hydrogen (secondary N) is 1. The van der Waals surface area contributed by atoms with Crippen molar-refractivity contribution in [3.63, 3.8) is 0 Å². The number of nitrogens with two attached hydrogens (primary N) is 1. The standard InChI is InChI=1S/C8H10N6O3S/c9-10-7(16)5-3-13(12-11-5)1-2-14-6(15)4-18-8(14)17/h3H,1-2,4,9H2,(H,10,16). The van der Waals surface area contributed by atoms with Gasteiger partial charge in [0.15, 0.2) is 5.69 Å². The fourth-order valence-electron chi connectivity index (χ4n) is 1.39. The number of hydrazine groups is 1. The number of aromatic nitrogens is 3. The zero-order valence-corrected chi connectivity index (χ0v) is 10.0. The smallest absolute Gasteiger partial charge is 0.288 e. The van der Waals surface area contributed by atoms with E-state index in [1.54, 1.807) is 0 Å². The molecule has 1 aromatic heterocycles. The molecule has 0 bridgehead atoms. The zero-order chi connectivity index (χ0) is 13.1. The van der Waals surface area contributed by atoms with Crippen LogP contribution < -0.4 is 11.3 Å². The minimum Gasteiger partial charge on any atom is -0.289 e. The topological polar surface area (TPSA) is 123 Å². The van der Waals surface area contributed by atoms with Gasteiger partial charge < -0.3 is 0 Å². The molecule has 0 aromatic carbocycles. The number of imide groups is 1. The summed E-state index contributed by atoms with van der Waals surface area (Å²) in [6.07, 6.45) is 1.39. The average molecular weight is 270 g/mol. The van der Waals surface area contributed by atoms with Crippen molar-refractivity contribution in [1.82, 2.24) is 25.3 Å². The Morgan fingerprint density at radius 2 is 2.28 bits per heavy atom. The van der Waals surface area contributed by atoms with Crippen LogP contribution in [0.4, 0.5) is 4.79 Å². The van der Waals surface area contributed by atoms with Gasteiger partial charge in [0.2, 0.25) is 5.91 Å². The van der Waals surface area contributed by atoms with E-state index in [4.69, 9.17) is 5.84 Å². The van der Waals surface area contributed by atoms with E-state index in [9.17, 15) is 14.4 Å². The molecule has 96 valence electrons. The maximum absolute atomic E-state index is 11.3. The lowest BCUT2D eigenvalue weighted by atomic mass is 10.4. The lowest BCUT2D eigenvalue weighted by Gasteiger charge is -2.11. The second-order valence-electron chi connectivity index (χ2n) is 3.44. The number of amides is 3. The van der Waals surface area contributed by atoms with Crippen LogP contribution in [0.15, 0.2) is 6.20 Å². The maximum atomic E-state index is 11.3. The summed E-state index contributed by atoms with van der Waals surface area (Å²) in [5.74, 6) is 4.36. The van der Waals surface area contributed by atoms with Gasteiger partial charge in [-0.25, -0.2) is 10.5 Å². The molecule has 2 heterocycles. The van der Waals surface area contributed by atoms with Crippen LogP contribution in [0.1, 0.15) is 10.5 Å². The van der Waals surface area contributed by atoms with E-state index in [0.717, 1.165) is 16.7 Å². The zero-order valence-electron chi connectivity index (χ0n) is 9.20. The first-order valence-electron chi connectivity index (χ1n) is 5.00. The molecule has 0 unspecified atom stereocenters. The van der Waals surface area contributed by atoms with E-state index in [-0.39, 0.29) is 35.7 Å². The quantitative estimate of drug-likeness (QED) is 0.391. The molecule has 1 aliphatic heterocycles. The number of hydrogen-bond acceptors (Lipinski definition) is 7. The van der Waals surface area contributed by atoms with Crippen LogP contribution in [0, 0.1) is 0 Å². The van der Waals surface area contributed by atoms with E-state index >= 15 is 0 Å². The van der Waals surface area contributed by atoms with Crippen molar-refractivity contribution < 1.29 is 14.4 Å². The van der Waals surface area contributed by atoms with Crippen LogP contribution in [0.3, 0.4) is 0 Å². The highest BCUT2D eigenvalue weighted by atomic mass is 32.2. The van der Waals surface area contributed by atoms with Gasteiger partial charge in [0.1, 0.15) is 0 Å². The van der Waals surface area contributed by atoms with Gasteiger partial charge in [0.05, 0.1) is 18.5 Å². The number of nitrogen functional groups attached to an aromatic ring is 1. The molecule has 0 aliphatic carbocycles. The van der Waals surface area contributed by atoms with Crippen molar-refractivity contribution in [3.8, 4) is 0 Å². The molecule has 3 N–H and O–H groups in total. The molecule has 1 fully saturated rings. The minimum absolute atomic E-state index is 0.0750. The Labute approximate surface area is 106 Å². The molecule has 1 saturated heterocycles. The number of rotatable bonds is 4. The van der Waals surface area contributed by atoms with Crippen molar-refractivity contribution >= 4 is 28.8 Å². The first-order valence-corrected chi connectivity index (χ1v) is 5.98. The third kappa shape index (κ3) is 2.49. The maximum Gasteiger partial charge on any atom is 0.288 e. The summed E-state index contributed by atoms with van der Waals surface area (Å²) in [6, 6.07) is 0. The van der Waals surface area contributed by atoms with Gasteiger partial charge in [-0.05, 0) is 0 Å². The fourth-order valence-corrected chi connectivity index (χ4v) is 2.14. The lowest BCUT2D eigenvalue weighted by Crippen LogP contribution is -2.32. The number of carbonyl (C=O) groups is 3. The van der Waals surface area contributed by atoms with Crippen molar-refractivity contribution in [2.24, 2.45) is 5.84 Å². The van der Waals surface area contributed by atoms with Gasteiger partial charge in [-0.15, -0.1) is 5.10 Å². The van der Waals surface area contributed by atoms with Crippen LogP contribution in [-0.4, -0.2) is 49.2 Å². The molecule has 0 atom stereocenters. The number of thioether (sulfide) groups is 1. The average Bonchev–Trinajstić information content (AvgIpc) is 2.95. The van der Waals surface area contributed by atoms with E-state index in [0.29, 0.717) is 0 Å². The molecule has 0 saturated carbocycles. The summed E-state index contributed by atoms with van der Waals surface area (Å²) in [4.78, 5) is 34.9. The molecular weight excluding hydrogens is 260 g/mol. The highest BCUT2D eigenvalue weighted by Crippen LogP contribution is 2.18. The Kier molecular flexibility index (Phi) is 3.58. The van der Waals surface area contributed by atoms with E-state index in [1.807, 2.05) is 5.43 Å². The summed E-state index contributed by atoms with van der Waals surface area (Å²) in [5, 5.41) is 7.02. The van der Waals surface area contributed by atoms with Gasteiger partial charge in [0, 0.05) is 6.54 Å². The summed E-state index contributed by atoms with van der Waals surface area (Å²) >= 11 is 0.974. The van der Waals surface area contributed by atoms with Gasteiger partial charge in [-0.2, -0.15) is 0 Å². The van der Waals surface area contributed by atoms with E-state index in [1.165, 1.54) is 10.9 Å². The molecule has 18 heavy (non-hydrogen) atoms. The van der Waals surface area contributed by atoms with Crippen molar-refractivity contribution in [1.29, 1.82) is 0 Å². The molecule has 1 aliphatic rings. The third-order valence-corrected chi connectivity index (χ3v) is 3.15. The van der Waals surface area contributed by atoms with Crippen LogP contribution in [0.2, 0.25) is 0 Å². The molecule has 3 amide bonds. The summed E-state index contributed by atoms with van der Waals surface area (Å²) < 4.78 is 1.37. The Bertz CT molecular complexity index is 485. The molecule has 9 nitrogen and oxygen atoms in total. The van der Waals surface area contributed by atoms with Gasteiger partial charge in [-0.3, -0.25) is 24.7 Å². The predicted octanol–water partition coefficient (Wildman–Crippen LogP) is -1.42. The summed E-state index contributed by atoms with van der Waals surface area (Å²) in [5.41, 5.74) is 2.00. The molecule has 0 radical (unpaired) electrons. The van der Waals surface area contributed by atoms with Crippen LogP contribution in [0.5, 0.6) is 0 Å². The van der Waals surface area contributed by atoms with Crippen molar-refractivity contribution in [2.45, 2.75) is 6.54 Å². The van der Waals surface area contributed by atoms with Crippen molar-refractivity contribution in [3.05, 3.63) is 11.9 Å². The number of carbonyl (C=O) groups excluding carboxylic acids is 3.